The molecule has 1 heterocycles. The molecule has 1 aromatic heterocycles. The molecule has 1 aliphatic rings. The second-order valence-corrected chi connectivity index (χ2v) is 5.37. The van der Waals surface area contributed by atoms with Crippen LogP contribution in [0.4, 0.5) is 0 Å². The van der Waals surface area contributed by atoms with Gasteiger partial charge in [-0.2, -0.15) is 0 Å². The van der Waals surface area contributed by atoms with Crippen LogP contribution in [0.1, 0.15) is 42.7 Å². The topological polar surface area (TPSA) is 39.4 Å². The highest BCUT2D eigenvalue weighted by molar-refractivity contribution is 9.10. The van der Waals surface area contributed by atoms with Crippen molar-refractivity contribution in [2.24, 2.45) is 5.92 Å². The van der Waals surface area contributed by atoms with E-state index in [9.17, 15) is 4.79 Å². The lowest BCUT2D eigenvalue weighted by Crippen LogP contribution is -2.33. The van der Waals surface area contributed by atoms with E-state index >= 15 is 0 Å². The lowest BCUT2D eigenvalue weighted by atomic mass is 9.83. The van der Waals surface area contributed by atoms with Gasteiger partial charge in [0, 0.05) is 7.11 Å². The number of methoxy groups -OCH3 is 1. The number of hydrogen-bond acceptors (Lipinski definition) is 3. The molecule has 1 saturated carbocycles. The van der Waals surface area contributed by atoms with Crippen LogP contribution < -0.4 is 0 Å². The van der Waals surface area contributed by atoms with Gasteiger partial charge < -0.3 is 9.15 Å². The first-order valence-corrected chi connectivity index (χ1v) is 6.83. The Morgan fingerprint density at radius 3 is 2.71 bits per heavy atom. The fourth-order valence-corrected chi connectivity index (χ4v) is 2.95. The van der Waals surface area contributed by atoms with Crippen LogP contribution in [0.3, 0.4) is 0 Å². The molecule has 17 heavy (non-hydrogen) atoms. The van der Waals surface area contributed by atoms with Crippen molar-refractivity contribution in [2.45, 2.75) is 38.2 Å². The van der Waals surface area contributed by atoms with Crippen LogP contribution in [0.2, 0.25) is 0 Å². The van der Waals surface area contributed by atoms with Crippen LogP contribution >= 0.6 is 15.9 Å². The molecular weight excluding hydrogens is 284 g/mol. The zero-order chi connectivity index (χ0) is 12.3. The lowest BCUT2D eigenvalue weighted by molar-refractivity contribution is 0.0291. The normalized spacial score (nSPS) is 19.2. The minimum Gasteiger partial charge on any atom is -0.460 e. The smallest absolute Gasteiger partial charge is 0.228 e. The van der Waals surface area contributed by atoms with Gasteiger partial charge in [0.1, 0.15) is 6.10 Å². The van der Waals surface area contributed by atoms with Crippen LogP contribution in [0.5, 0.6) is 0 Å². The molecule has 0 saturated heterocycles. The van der Waals surface area contributed by atoms with Crippen molar-refractivity contribution in [3.63, 3.8) is 0 Å². The summed E-state index contributed by atoms with van der Waals surface area (Å²) in [6.45, 7) is 0. The Kier molecular flexibility index (Phi) is 4.40. The number of ether oxygens (including phenoxy) is 1. The summed E-state index contributed by atoms with van der Waals surface area (Å²) in [7, 11) is 1.61. The monoisotopic (exact) mass is 300 g/mol. The van der Waals surface area contributed by atoms with Crippen LogP contribution in [0.25, 0.3) is 0 Å². The summed E-state index contributed by atoms with van der Waals surface area (Å²) >= 11 is 3.32. The first-order chi connectivity index (χ1) is 8.24. The van der Waals surface area contributed by atoms with Crippen molar-refractivity contribution >= 4 is 21.7 Å². The van der Waals surface area contributed by atoms with Gasteiger partial charge in [-0.05, 0) is 40.8 Å². The first-order valence-electron chi connectivity index (χ1n) is 6.04. The number of ketones is 1. The average molecular weight is 301 g/mol. The molecule has 0 aromatic carbocycles. The molecule has 2 rings (SSSR count). The van der Waals surface area contributed by atoms with E-state index in [-0.39, 0.29) is 11.9 Å². The maximum absolute atomic E-state index is 12.3. The van der Waals surface area contributed by atoms with Crippen LogP contribution in [-0.4, -0.2) is 19.0 Å². The number of Topliss-reactive ketones (excluding diaryl/α,β-unsaturated/α-hetero) is 1. The van der Waals surface area contributed by atoms with Gasteiger partial charge in [-0.3, -0.25) is 4.79 Å². The van der Waals surface area contributed by atoms with E-state index in [2.05, 4.69) is 15.9 Å². The quantitative estimate of drug-likeness (QED) is 0.794. The van der Waals surface area contributed by atoms with Gasteiger partial charge in [-0.1, -0.05) is 19.3 Å². The Labute approximate surface area is 110 Å². The Balaban J connectivity index is 2.12. The fraction of sp³-hybridized carbons (Fsp3) is 0.615. The largest absolute Gasteiger partial charge is 0.460 e. The molecule has 0 spiro atoms. The van der Waals surface area contributed by atoms with E-state index in [0.29, 0.717) is 16.2 Å². The minimum atomic E-state index is -0.363. The van der Waals surface area contributed by atoms with Gasteiger partial charge >= 0.3 is 0 Å². The molecule has 4 heteroatoms. The van der Waals surface area contributed by atoms with Crippen molar-refractivity contribution in [1.29, 1.82) is 0 Å². The Hall–Kier alpha value is -0.610. The average Bonchev–Trinajstić information content (AvgIpc) is 2.77. The predicted molar refractivity (Wildman–Crippen MR) is 68.1 cm³/mol. The summed E-state index contributed by atoms with van der Waals surface area (Å²) < 4.78 is 11.3. The minimum absolute atomic E-state index is 0.0451. The molecule has 1 fully saturated rings. The highest BCUT2D eigenvalue weighted by Crippen LogP contribution is 2.31. The summed E-state index contributed by atoms with van der Waals surface area (Å²) in [5.41, 5.74) is 0. The molecule has 1 aromatic rings. The van der Waals surface area contributed by atoms with Crippen LogP contribution in [0, 0.1) is 5.92 Å². The Morgan fingerprint density at radius 1 is 1.47 bits per heavy atom. The Morgan fingerprint density at radius 2 is 2.18 bits per heavy atom. The molecule has 1 unspecified atom stereocenters. The molecule has 0 amide bonds. The number of carbonyl (C=O) groups is 1. The summed E-state index contributed by atoms with van der Waals surface area (Å²) in [5, 5.41) is 0. The summed E-state index contributed by atoms with van der Waals surface area (Å²) in [5.74, 6) is 0.664. The van der Waals surface area contributed by atoms with Crippen molar-refractivity contribution < 1.29 is 13.9 Å². The molecule has 94 valence electrons. The third-order valence-corrected chi connectivity index (χ3v) is 4.06. The van der Waals surface area contributed by atoms with Crippen molar-refractivity contribution in [1.82, 2.24) is 0 Å². The summed E-state index contributed by atoms with van der Waals surface area (Å²) in [4.78, 5) is 12.3. The molecule has 1 aliphatic carbocycles. The van der Waals surface area contributed by atoms with Gasteiger partial charge in [0.2, 0.25) is 5.78 Å². The standard InChI is InChI=1S/C13H17BrO3/c1-16-12(9-5-3-2-4-6-9)11(15)13-10(14)7-8-17-13/h7-9,12H,2-6H2,1H3. The fourth-order valence-electron chi connectivity index (χ4n) is 2.55. The zero-order valence-electron chi connectivity index (χ0n) is 9.95. The van der Waals surface area contributed by atoms with Gasteiger partial charge in [0.05, 0.1) is 10.7 Å². The highest BCUT2D eigenvalue weighted by atomic mass is 79.9. The third-order valence-electron chi connectivity index (χ3n) is 3.43. The molecule has 0 aliphatic heterocycles. The summed E-state index contributed by atoms with van der Waals surface area (Å²) in [6.07, 6.45) is 6.95. The molecule has 0 radical (unpaired) electrons. The van der Waals surface area contributed by atoms with Crippen LogP contribution in [0.15, 0.2) is 21.2 Å². The third kappa shape index (κ3) is 2.80. The SMILES string of the molecule is COC(C(=O)c1occc1Br)C1CCCCC1. The lowest BCUT2D eigenvalue weighted by Gasteiger charge is -2.27. The van der Waals surface area contributed by atoms with Gasteiger partial charge in [0.25, 0.3) is 0 Å². The van der Waals surface area contributed by atoms with Gasteiger partial charge in [-0.15, -0.1) is 0 Å². The van der Waals surface area contributed by atoms with E-state index in [4.69, 9.17) is 9.15 Å². The maximum atomic E-state index is 12.3. The molecule has 1 atom stereocenters. The number of rotatable bonds is 4. The molecule has 0 N–H and O–H groups in total. The van der Waals surface area contributed by atoms with E-state index in [1.807, 2.05) is 0 Å². The molecule has 0 bridgehead atoms. The Bertz CT molecular complexity index is 380. The van der Waals surface area contributed by atoms with E-state index in [0.717, 1.165) is 12.8 Å². The number of halogens is 1. The van der Waals surface area contributed by atoms with E-state index < -0.39 is 0 Å². The van der Waals surface area contributed by atoms with Crippen molar-refractivity contribution in [2.75, 3.05) is 7.11 Å². The van der Waals surface area contributed by atoms with Crippen molar-refractivity contribution in [3.05, 3.63) is 22.6 Å². The summed E-state index contributed by atoms with van der Waals surface area (Å²) in [6, 6.07) is 1.74. The number of furan rings is 1. The predicted octanol–water partition coefficient (Wildman–Crippen LogP) is 3.82. The van der Waals surface area contributed by atoms with Gasteiger partial charge in [0.15, 0.2) is 5.76 Å². The maximum Gasteiger partial charge on any atom is 0.228 e. The first kappa shape index (κ1) is 12.8. The highest BCUT2D eigenvalue weighted by Gasteiger charge is 2.32. The number of carbonyl (C=O) groups excluding carboxylic acids is 1. The molecule has 3 nitrogen and oxygen atoms in total. The van der Waals surface area contributed by atoms with Crippen molar-refractivity contribution in [3.8, 4) is 0 Å². The molecular formula is C13H17BrO3. The second kappa shape index (κ2) is 5.83. The number of hydrogen-bond donors (Lipinski definition) is 0. The van der Waals surface area contributed by atoms with Gasteiger partial charge in [-0.25, -0.2) is 0 Å². The van der Waals surface area contributed by atoms with Crippen LogP contribution in [-0.2, 0) is 4.74 Å². The van der Waals surface area contributed by atoms with E-state index in [1.165, 1.54) is 25.5 Å². The second-order valence-electron chi connectivity index (χ2n) is 4.52. The zero-order valence-corrected chi connectivity index (χ0v) is 11.5. The van der Waals surface area contributed by atoms with E-state index in [1.54, 1.807) is 13.2 Å².